The summed E-state index contributed by atoms with van der Waals surface area (Å²) in [5, 5.41) is 13.1. The second-order valence-electron chi connectivity index (χ2n) is 4.78. The normalized spacial score (nSPS) is 10.8. The van der Waals surface area contributed by atoms with Gasteiger partial charge >= 0.3 is 0 Å². The number of aromatic hydroxyl groups is 1. The zero-order chi connectivity index (χ0) is 14.8. The van der Waals surface area contributed by atoms with E-state index in [1.54, 1.807) is 0 Å². The van der Waals surface area contributed by atoms with Gasteiger partial charge in [-0.1, -0.05) is 29.4 Å². The third-order valence-corrected chi connectivity index (χ3v) is 3.26. The minimum atomic E-state index is -0.596. The molecule has 1 N–H and O–H groups in total. The van der Waals surface area contributed by atoms with Crippen LogP contribution in [0.1, 0.15) is 17.0 Å². The molecule has 4 nitrogen and oxygen atoms in total. The molecule has 0 bridgehead atoms. The number of hydrogen-bond acceptors (Lipinski definition) is 4. The fourth-order valence-corrected chi connectivity index (χ4v) is 2.09. The van der Waals surface area contributed by atoms with Crippen molar-refractivity contribution in [2.45, 2.75) is 13.3 Å². The molecule has 0 saturated heterocycles. The number of aromatic nitrogens is 2. The van der Waals surface area contributed by atoms with Gasteiger partial charge in [-0.3, -0.25) is 0 Å². The van der Waals surface area contributed by atoms with E-state index in [4.69, 9.17) is 4.52 Å². The highest BCUT2D eigenvalue weighted by Gasteiger charge is 2.14. The molecule has 0 aliphatic carbocycles. The summed E-state index contributed by atoms with van der Waals surface area (Å²) in [6.45, 7) is 2.01. The molecule has 106 valence electrons. The van der Waals surface area contributed by atoms with Gasteiger partial charge in [-0.25, -0.2) is 4.39 Å². The standard InChI is InChI=1S/C16H13FN2O2/c1-10-4-2-3-5-11(10)8-15-18-16(21-19-15)13-7-6-12(20)9-14(13)17/h2-7,9,20H,8H2,1H3. The lowest BCUT2D eigenvalue weighted by Gasteiger charge is -2.01. The summed E-state index contributed by atoms with van der Waals surface area (Å²) in [5.41, 5.74) is 2.41. The van der Waals surface area contributed by atoms with Crippen LogP contribution < -0.4 is 0 Å². The smallest absolute Gasteiger partial charge is 0.260 e. The van der Waals surface area contributed by atoms with E-state index in [9.17, 15) is 9.50 Å². The molecule has 1 heterocycles. The fraction of sp³-hybridized carbons (Fsp3) is 0.125. The Morgan fingerprint density at radius 3 is 2.76 bits per heavy atom. The molecular weight excluding hydrogens is 271 g/mol. The third kappa shape index (κ3) is 2.76. The van der Waals surface area contributed by atoms with E-state index in [1.165, 1.54) is 12.1 Å². The molecule has 0 aliphatic heterocycles. The molecule has 0 radical (unpaired) electrons. The maximum atomic E-state index is 13.7. The predicted octanol–water partition coefficient (Wildman–Crippen LogP) is 3.48. The van der Waals surface area contributed by atoms with Crippen molar-refractivity contribution in [2.75, 3.05) is 0 Å². The van der Waals surface area contributed by atoms with Crippen LogP contribution in [0, 0.1) is 12.7 Å². The second kappa shape index (κ2) is 5.36. The first kappa shape index (κ1) is 13.3. The number of benzene rings is 2. The molecule has 21 heavy (non-hydrogen) atoms. The maximum absolute atomic E-state index is 13.7. The van der Waals surface area contributed by atoms with Crippen LogP contribution in [-0.4, -0.2) is 15.2 Å². The lowest BCUT2D eigenvalue weighted by atomic mass is 10.1. The molecule has 2 aromatic carbocycles. The molecule has 0 unspecified atom stereocenters. The summed E-state index contributed by atoms with van der Waals surface area (Å²) in [6, 6.07) is 11.7. The molecular formula is C16H13FN2O2. The van der Waals surface area contributed by atoms with Crippen LogP contribution in [0.2, 0.25) is 0 Å². The molecule has 0 aliphatic rings. The Balaban J connectivity index is 1.88. The van der Waals surface area contributed by atoms with Crippen LogP contribution in [0.4, 0.5) is 4.39 Å². The molecule has 5 heteroatoms. The SMILES string of the molecule is Cc1ccccc1Cc1noc(-c2ccc(O)cc2F)n1. The summed E-state index contributed by atoms with van der Waals surface area (Å²) >= 11 is 0. The molecule has 0 spiro atoms. The zero-order valence-electron chi connectivity index (χ0n) is 11.4. The molecule has 0 amide bonds. The fourth-order valence-electron chi connectivity index (χ4n) is 2.09. The molecule has 0 fully saturated rings. The summed E-state index contributed by atoms with van der Waals surface area (Å²) in [7, 11) is 0. The number of phenols is 1. The first-order valence-corrected chi connectivity index (χ1v) is 6.49. The van der Waals surface area contributed by atoms with E-state index in [-0.39, 0.29) is 17.2 Å². The Morgan fingerprint density at radius 2 is 2.00 bits per heavy atom. The number of aryl methyl sites for hydroxylation is 1. The van der Waals surface area contributed by atoms with Crippen LogP contribution in [0.5, 0.6) is 5.75 Å². The van der Waals surface area contributed by atoms with E-state index >= 15 is 0 Å². The van der Waals surface area contributed by atoms with E-state index < -0.39 is 5.82 Å². The van der Waals surface area contributed by atoms with Crippen molar-refractivity contribution in [3.05, 3.63) is 65.2 Å². The van der Waals surface area contributed by atoms with E-state index in [0.717, 1.165) is 17.2 Å². The van der Waals surface area contributed by atoms with Gasteiger partial charge in [-0.05, 0) is 30.2 Å². The van der Waals surface area contributed by atoms with Crippen molar-refractivity contribution in [3.8, 4) is 17.2 Å². The van der Waals surface area contributed by atoms with Gasteiger partial charge < -0.3 is 9.63 Å². The van der Waals surface area contributed by atoms with Crippen molar-refractivity contribution in [3.63, 3.8) is 0 Å². The number of nitrogens with zero attached hydrogens (tertiary/aromatic N) is 2. The number of halogens is 1. The molecule has 3 rings (SSSR count). The Hall–Kier alpha value is -2.69. The lowest BCUT2D eigenvalue weighted by Crippen LogP contribution is -1.93. The highest BCUT2D eigenvalue weighted by molar-refractivity contribution is 5.55. The van der Waals surface area contributed by atoms with Gasteiger partial charge in [0.2, 0.25) is 0 Å². The maximum Gasteiger partial charge on any atom is 0.260 e. The Labute approximate surface area is 120 Å². The Kier molecular flexibility index (Phi) is 3.39. The highest BCUT2D eigenvalue weighted by atomic mass is 19.1. The molecule has 0 atom stereocenters. The van der Waals surface area contributed by atoms with Crippen LogP contribution in [0.3, 0.4) is 0 Å². The van der Waals surface area contributed by atoms with Gasteiger partial charge in [0.15, 0.2) is 5.82 Å². The van der Waals surface area contributed by atoms with Crippen LogP contribution in [-0.2, 0) is 6.42 Å². The lowest BCUT2D eigenvalue weighted by molar-refractivity contribution is 0.421. The van der Waals surface area contributed by atoms with Crippen molar-refractivity contribution in [2.24, 2.45) is 0 Å². The minimum absolute atomic E-state index is 0.107. The molecule has 1 aromatic heterocycles. The average Bonchev–Trinajstić information content (AvgIpc) is 2.90. The van der Waals surface area contributed by atoms with Crippen molar-refractivity contribution < 1.29 is 14.0 Å². The highest BCUT2D eigenvalue weighted by Crippen LogP contribution is 2.24. The minimum Gasteiger partial charge on any atom is -0.508 e. The van der Waals surface area contributed by atoms with Crippen LogP contribution >= 0.6 is 0 Å². The van der Waals surface area contributed by atoms with E-state index in [1.807, 2.05) is 31.2 Å². The first-order valence-electron chi connectivity index (χ1n) is 6.49. The quantitative estimate of drug-likeness (QED) is 0.800. The summed E-state index contributed by atoms with van der Waals surface area (Å²) in [4.78, 5) is 4.21. The van der Waals surface area contributed by atoms with E-state index in [2.05, 4.69) is 10.1 Å². The van der Waals surface area contributed by atoms with Gasteiger partial charge in [0.05, 0.1) is 5.56 Å². The second-order valence-corrected chi connectivity index (χ2v) is 4.78. The zero-order valence-corrected chi connectivity index (χ0v) is 11.4. The third-order valence-electron chi connectivity index (χ3n) is 3.26. The largest absolute Gasteiger partial charge is 0.508 e. The van der Waals surface area contributed by atoms with E-state index in [0.29, 0.717) is 12.2 Å². The Morgan fingerprint density at radius 1 is 1.19 bits per heavy atom. The van der Waals surface area contributed by atoms with Gasteiger partial charge in [0, 0.05) is 12.5 Å². The van der Waals surface area contributed by atoms with Crippen molar-refractivity contribution in [1.82, 2.24) is 10.1 Å². The number of hydrogen-bond donors (Lipinski definition) is 1. The molecule has 0 saturated carbocycles. The summed E-state index contributed by atoms with van der Waals surface area (Å²) < 4.78 is 18.8. The predicted molar refractivity (Wildman–Crippen MR) is 75.3 cm³/mol. The van der Waals surface area contributed by atoms with Gasteiger partial charge in [-0.2, -0.15) is 4.98 Å². The molecule has 3 aromatic rings. The van der Waals surface area contributed by atoms with Gasteiger partial charge in [-0.15, -0.1) is 0 Å². The average molecular weight is 284 g/mol. The van der Waals surface area contributed by atoms with Crippen molar-refractivity contribution in [1.29, 1.82) is 0 Å². The number of rotatable bonds is 3. The van der Waals surface area contributed by atoms with Gasteiger partial charge in [0.25, 0.3) is 5.89 Å². The van der Waals surface area contributed by atoms with Gasteiger partial charge in [0.1, 0.15) is 11.6 Å². The monoisotopic (exact) mass is 284 g/mol. The summed E-state index contributed by atoms with van der Waals surface area (Å²) in [6.07, 6.45) is 0.524. The van der Waals surface area contributed by atoms with Crippen LogP contribution in [0.25, 0.3) is 11.5 Å². The number of phenolic OH excluding ortho intramolecular Hbond substituents is 1. The van der Waals surface area contributed by atoms with Crippen molar-refractivity contribution >= 4 is 0 Å². The Bertz CT molecular complexity index is 783. The van der Waals surface area contributed by atoms with Crippen LogP contribution in [0.15, 0.2) is 47.0 Å². The topological polar surface area (TPSA) is 59.2 Å². The first-order chi connectivity index (χ1) is 10.1. The summed E-state index contributed by atoms with van der Waals surface area (Å²) in [5.74, 6) is -0.139.